The molecule has 1 aliphatic heterocycles. The Morgan fingerprint density at radius 1 is 1.60 bits per heavy atom. The number of halogens is 1. The van der Waals surface area contributed by atoms with Crippen molar-refractivity contribution in [1.82, 2.24) is 9.88 Å². The normalized spacial score (nSPS) is 22.9. The van der Waals surface area contributed by atoms with Crippen LogP contribution in [0.5, 0.6) is 0 Å². The second kappa shape index (κ2) is 4.92. The van der Waals surface area contributed by atoms with E-state index in [2.05, 4.69) is 16.9 Å². The number of nitrogens with zero attached hydrogens (tertiary/aromatic N) is 2. The van der Waals surface area contributed by atoms with Crippen LogP contribution in [0.4, 0.5) is 0 Å². The van der Waals surface area contributed by atoms with Crippen molar-refractivity contribution in [2.45, 2.75) is 12.5 Å². The quantitative estimate of drug-likeness (QED) is 0.717. The van der Waals surface area contributed by atoms with Crippen LogP contribution in [-0.2, 0) is 11.2 Å². The van der Waals surface area contributed by atoms with Gasteiger partial charge in [0, 0.05) is 25.7 Å². The monoisotopic (exact) mass is 226 g/mol. The highest BCUT2D eigenvalue weighted by Crippen LogP contribution is 2.11. The second-order valence-electron chi connectivity index (χ2n) is 3.95. The average molecular weight is 227 g/mol. The largest absolute Gasteiger partial charge is 0.375 e. The highest BCUT2D eigenvalue weighted by molar-refractivity contribution is 6.29. The molecule has 2 rings (SSSR count). The average Bonchev–Trinajstić information content (AvgIpc) is 2.22. The Morgan fingerprint density at radius 2 is 2.47 bits per heavy atom. The van der Waals surface area contributed by atoms with E-state index < -0.39 is 0 Å². The summed E-state index contributed by atoms with van der Waals surface area (Å²) in [5.74, 6) is 0. The molecule has 2 heterocycles. The SMILES string of the molecule is CN1CCOC(Cc2ccc(Cl)nc2)C1. The van der Waals surface area contributed by atoms with Crippen LogP contribution in [0.1, 0.15) is 5.56 Å². The molecule has 0 N–H and O–H groups in total. The second-order valence-corrected chi connectivity index (χ2v) is 4.34. The van der Waals surface area contributed by atoms with Crippen LogP contribution in [0.15, 0.2) is 18.3 Å². The van der Waals surface area contributed by atoms with Gasteiger partial charge in [-0.15, -0.1) is 0 Å². The van der Waals surface area contributed by atoms with Gasteiger partial charge in [-0.3, -0.25) is 0 Å². The first-order chi connectivity index (χ1) is 7.24. The van der Waals surface area contributed by atoms with Crippen LogP contribution in [0.2, 0.25) is 5.15 Å². The van der Waals surface area contributed by atoms with Crippen molar-refractivity contribution in [3.8, 4) is 0 Å². The molecule has 1 atom stereocenters. The molecule has 15 heavy (non-hydrogen) atoms. The number of ether oxygens (including phenoxy) is 1. The van der Waals surface area contributed by atoms with Crippen LogP contribution < -0.4 is 0 Å². The van der Waals surface area contributed by atoms with Gasteiger partial charge in [0.1, 0.15) is 5.15 Å². The number of rotatable bonds is 2. The predicted molar refractivity (Wildman–Crippen MR) is 60.2 cm³/mol. The maximum Gasteiger partial charge on any atom is 0.129 e. The molecule has 1 saturated heterocycles. The summed E-state index contributed by atoms with van der Waals surface area (Å²) in [5.41, 5.74) is 1.18. The molecule has 1 fully saturated rings. The fraction of sp³-hybridized carbons (Fsp3) is 0.545. The Bertz CT molecular complexity index is 315. The highest BCUT2D eigenvalue weighted by atomic mass is 35.5. The maximum atomic E-state index is 5.73. The molecule has 4 heteroatoms. The Kier molecular flexibility index (Phi) is 3.57. The van der Waals surface area contributed by atoms with Gasteiger partial charge in [-0.05, 0) is 18.7 Å². The van der Waals surface area contributed by atoms with Gasteiger partial charge in [0.15, 0.2) is 0 Å². The van der Waals surface area contributed by atoms with Crippen molar-refractivity contribution >= 4 is 11.6 Å². The number of pyridine rings is 1. The highest BCUT2D eigenvalue weighted by Gasteiger charge is 2.17. The lowest BCUT2D eigenvalue weighted by atomic mass is 10.1. The van der Waals surface area contributed by atoms with Gasteiger partial charge in [0.25, 0.3) is 0 Å². The van der Waals surface area contributed by atoms with Crippen LogP contribution in [0.25, 0.3) is 0 Å². The first-order valence-corrected chi connectivity index (χ1v) is 5.52. The smallest absolute Gasteiger partial charge is 0.129 e. The van der Waals surface area contributed by atoms with Crippen LogP contribution >= 0.6 is 11.6 Å². The molecule has 0 bridgehead atoms. The molecular formula is C11H15ClN2O. The minimum atomic E-state index is 0.284. The third kappa shape index (κ3) is 3.16. The summed E-state index contributed by atoms with van der Waals surface area (Å²) in [4.78, 5) is 6.35. The predicted octanol–water partition coefficient (Wildman–Crippen LogP) is 1.61. The zero-order valence-electron chi connectivity index (χ0n) is 8.82. The van der Waals surface area contributed by atoms with E-state index in [0.29, 0.717) is 5.15 Å². The molecule has 0 amide bonds. The minimum Gasteiger partial charge on any atom is -0.375 e. The Balaban J connectivity index is 1.93. The van der Waals surface area contributed by atoms with E-state index in [1.54, 1.807) is 0 Å². The van der Waals surface area contributed by atoms with E-state index in [1.165, 1.54) is 5.56 Å². The van der Waals surface area contributed by atoms with Crippen molar-refractivity contribution in [2.24, 2.45) is 0 Å². The third-order valence-electron chi connectivity index (χ3n) is 2.59. The molecule has 0 spiro atoms. The molecule has 3 nitrogen and oxygen atoms in total. The van der Waals surface area contributed by atoms with E-state index in [9.17, 15) is 0 Å². The van der Waals surface area contributed by atoms with Crippen molar-refractivity contribution in [2.75, 3.05) is 26.7 Å². The molecule has 1 aromatic rings. The molecular weight excluding hydrogens is 212 g/mol. The minimum absolute atomic E-state index is 0.284. The lowest BCUT2D eigenvalue weighted by Gasteiger charge is -2.30. The van der Waals surface area contributed by atoms with E-state index in [-0.39, 0.29) is 6.10 Å². The molecule has 1 aromatic heterocycles. The summed E-state index contributed by atoms with van der Waals surface area (Å²) in [5, 5.41) is 0.542. The first-order valence-electron chi connectivity index (χ1n) is 5.14. The van der Waals surface area contributed by atoms with E-state index in [4.69, 9.17) is 16.3 Å². The number of morpholine rings is 1. The van der Waals surface area contributed by atoms with E-state index >= 15 is 0 Å². The summed E-state index contributed by atoms with van der Waals surface area (Å²) in [6.45, 7) is 2.83. The Morgan fingerprint density at radius 3 is 3.13 bits per heavy atom. The van der Waals surface area contributed by atoms with Gasteiger partial charge < -0.3 is 9.64 Å². The number of hydrogen-bond acceptors (Lipinski definition) is 3. The first kappa shape index (κ1) is 10.9. The van der Waals surface area contributed by atoms with Crippen LogP contribution in [0.3, 0.4) is 0 Å². The Labute approximate surface area is 95.0 Å². The fourth-order valence-corrected chi connectivity index (χ4v) is 1.89. The standard InChI is InChI=1S/C11H15ClN2O/c1-14-4-5-15-10(8-14)6-9-2-3-11(12)13-7-9/h2-3,7,10H,4-6,8H2,1H3. The molecule has 0 aliphatic carbocycles. The molecule has 0 saturated carbocycles. The fourth-order valence-electron chi connectivity index (χ4n) is 1.78. The molecule has 0 radical (unpaired) electrons. The van der Waals surface area contributed by atoms with E-state index in [1.807, 2.05) is 18.3 Å². The molecule has 1 unspecified atom stereocenters. The van der Waals surface area contributed by atoms with Gasteiger partial charge in [-0.25, -0.2) is 4.98 Å². The summed E-state index contributed by atoms with van der Waals surface area (Å²) in [6.07, 6.45) is 3.01. The topological polar surface area (TPSA) is 25.4 Å². The van der Waals surface area contributed by atoms with E-state index in [0.717, 1.165) is 26.1 Å². The third-order valence-corrected chi connectivity index (χ3v) is 2.82. The zero-order chi connectivity index (χ0) is 10.7. The maximum absolute atomic E-state index is 5.73. The molecule has 0 aromatic carbocycles. The summed E-state index contributed by atoms with van der Waals surface area (Å²) >= 11 is 5.73. The molecule has 1 aliphatic rings. The van der Waals surface area contributed by atoms with Gasteiger partial charge >= 0.3 is 0 Å². The molecule has 82 valence electrons. The number of hydrogen-bond donors (Lipinski definition) is 0. The van der Waals surface area contributed by atoms with Gasteiger partial charge in [0.05, 0.1) is 12.7 Å². The van der Waals surface area contributed by atoms with Crippen LogP contribution in [-0.4, -0.2) is 42.7 Å². The summed E-state index contributed by atoms with van der Waals surface area (Å²) in [6, 6.07) is 3.83. The zero-order valence-corrected chi connectivity index (χ0v) is 9.57. The van der Waals surface area contributed by atoms with Crippen molar-refractivity contribution in [3.05, 3.63) is 29.0 Å². The van der Waals surface area contributed by atoms with Gasteiger partial charge in [-0.2, -0.15) is 0 Å². The lowest BCUT2D eigenvalue weighted by Crippen LogP contribution is -2.40. The van der Waals surface area contributed by atoms with Crippen molar-refractivity contribution in [1.29, 1.82) is 0 Å². The number of aromatic nitrogens is 1. The van der Waals surface area contributed by atoms with Crippen molar-refractivity contribution < 1.29 is 4.74 Å². The lowest BCUT2D eigenvalue weighted by molar-refractivity contribution is -0.0186. The van der Waals surface area contributed by atoms with Gasteiger partial charge in [0.2, 0.25) is 0 Å². The number of likely N-dealkylation sites (N-methyl/N-ethyl adjacent to an activating group) is 1. The Hall–Kier alpha value is -0.640. The summed E-state index contributed by atoms with van der Waals surface area (Å²) in [7, 11) is 2.12. The van der Waals surface area contributed by atoms with Crippen molar-refractivity contribution in [3.63, 3.8) is 0 Å². The van der Waals surface area contributed by atoms with Crippen LogP contribution in [0, 0.1) is 0 Å². The summed E-state index contributed by atoms with van der Waals surface area (Å²) < 4.78 is 5.68. The van der Waals surface area contributed by atoms with Gasteiger partial charge in [-0.1, -0.05) is 17.7 Å².